The molecule has 0 spiro atoms. The number of carbonyl (C=O) groups is 2. The van der Waals surface area contributed by atoms with Crippen molar-refractivity contribution in [2.45, 2.75) is 79.4 Å². The van der Waals surface area contributed by atoms with E-state index in [-0.39, 0.29) is 17.4 Å². The van der Waals surface area contributed by atoms with Crippen molar-refractivity contribution in [3.05, 3.63) is 70.3 Å². The number of nitrogens with zero attached hydrogens (tertiary/aromatic N) is 1. The van der Waals surface area contributed by atoms with Crippen LogP contribution in [-0.4, -0.2) is 28.3 Å². The fourth-order valence-corrected chi connectivity index (χ4v) is 3.60. The molecule has 162 valence electrons. The molecule has 1 unspecified atom stereocenters. The van der Waals surface area contributed by atoms with Gasteiger partial charge in [-0.2, -0.15) is 0 Å². The predicted octanol–water partition coefficient (Wildman–Crippen LogP) is 4.88. The Bertz CT molecular complexity index is 896. The number of aryl methyl sites for hydroxylation is 3. The Morgan fingerprint density at radius 3 is 2.20 bits per heavy atom. The van der Waals surface area contributed by atoms with Crippen LogP contribution in [-0.2, 0) is 22.6 Å². The lowest BCUT2D eigenvalue weighted by atomic mass is 10.00. The lowest BCUT2D eigenvalue weighted by Crippen LogP contribution is -2.53. The second kappa shape index (κ2) is 9.92. The minimum atomic E-state index is -0.513. The molecule has 2 aromatic rings. The normalized spacial score (nSPS) is 12.4. The maximum absolute atomic E-state index is 13.5. The number of benzene rings is 2. The topological polar surface area (TPSA) is 49.4 Å². The van der Waals surface area contributed by atoms with Crippen LogP contribution in [0.3, 0.4) is 0 Å². The first-order chi connectivity index (χ1) is 14.0. The van der Waals surface area contributed by atoms with E-state index in [0.717, 1.165) is 27.8 Å². The average Bonchev–Trinajstić information content (AvgIpc) is 2.64. The van der Waals surface area contributed by atoms with E-state index in [0.29, 0.717) is 19.4 Å². The molecule has 2 aromatic carbocycles. The lowest BCUT2D eigenvalue weighted by molar-refractivity contribution is -0.141. The number of hydrogen-bond donors (Lipinski definition) is 1. The molecule has 0 radical (unpaired) electrons. The number of carbonyl (C=O) groups excluding carboxylic acids is 2. The van der Waals surface area contributed by atoms with Crippen molar-refractivity contribution < 1.29 is 9.59 Å². The third-order valence-electron chi connectivity index (χ3n) is 5.33. The molecule has 0 aliphatic heterocycles. The summed E-state index contributed by atoms with van der Waals surface area (Å²) in [6.07, 6.45) is 0.852. The predicted molar refractivity (Wildman–Crippen MR) is 123 cm³/mol. The Hall–Kier alpha value is -2.62. The van der Waals surface area contributed by atoms with Crippen LogP contribution in [0.2, 0.25) is 0 Å². The second-order valence-corrected chi connectivity index (χ2v) is 9.22. The molecule has 2 rings (SSSR count). The molecule has 30 heavy (non-hydrogen) atoms. The number of hydrogen-bond acceptors (Lipinski definition) is 2. The third kappa shape index (κ3) is 6.45. The first-order valence-corrected chi connectivity index (χ1v) is 10.7. The number of rotatable bonds is 7. The maximum Gasteiger partial charge on any atom is 0.243 e. The Morgan fingerprint density at radius 2 is 1.60 bits per heavy atom. The summed E-state index contributed by atoms with van der Waals surface area (Å²) in [6.45, 7) is 14.4. The third-order valence-corrected chi connectivity index (χ3v) is 5.33. The van der Waals surface area contributed by atoms with Crippen molar-refractivity contribution in [3.63, 3.8) is 0 Å². The van der Waals surface area contributed by atoms with Gasteiger partial charge < -0.3 is 10.2 Å². The summed E-state index contributed by atoms with van der Waals surface area (Å²) < 4.78 is 0. The highest BCUT2D eigenvalue weighted by Crippen LogP contribution is 2.19. The highest BCUT2D eigenvalue weighted by molar-refractivity contribution is 5.89. The smallest absolute Gasteiger partial charge is 0.243 e. The molecule has 0 saturated heterocycles. The van der Waals surface area contributed by atoms with Crippen LogP contribution in [0, 0.1) is 20.8 Å². The highest BCUT2D eigenvalue weighted by atomic mass is 16.2. The molecule has 4 heteroatoms. The molecule has 1 N–H and O–H groups in total. The van der Waals surface area contributed by atoms with Crippen LogP contribution < -0.4 is 5.32 Å². The molecule has 4 nitrogen and oxygen atoms in total. The van der Waals surface area contributed by atoms with Crippen LogP contribution in [0.15, 0.2) is 42.5 Å². The molecule has 0 aromatic heterocycles. The summed E-state index contributed by atoms with van der Waals surface area (Å²) in [5.74, 6) is -0.129. The first kappa shape index (κ1) is 23.7. The monoisotopic (exact) mass is 408 g/mol. The molecule has 0 aliphatic carbocycles. The molecule has 0 saturated carbocycles. The van der Waals surface area contributed by atoms with Crippen molar-refractivity contribution in [2.24, 2.45) is 0 Å². The summed E-state index contributed by atoms with van der Waals surface area (Å²) in [6, 6.07) is 13.7. The minimum absolute atomic E-state index is 0.0251. The van der Waals surface area contributed by atoms with E-state index < -0.39 is 6.04 Å². The van der Waals surface area contributed by atoms with Crippen molar-refractivity contribution in [3.8, 4) is 0 Å². The fourth-order valence-electron chi connectivity index (χ4n) is 3.60. The van der Waals surface area contributed by atoms with E-state index in [4.69, 9.17) is 0 Å². The minimum Gasteiger partial charge on any atom is -0.350 e. The molecule has 0 heterocycles. The van der Waals surface area contributed by atoms with E-state index in [2.05, 4.69) is 17.4 Å². The van der Waals surface area contributed by atoms with E-state index in [9.17, 15) is 9.59 Å². The number of amides is 2. The second-order valence-electron chi connectivity index (χ2n) is 9.22. The van der Waals surface area contributed by atoms with Crippen LogP contribution in [0.1, 0.15) is 61.9 Å². The molecule has 1 atom stereocenters. The van der Waals surface area contributed by atoms with Crippen molar-refractivity contribution in [1.82, 2.24) is 10.2 Å². The molecule has 0 bridgehead atoms. The van der Waals surface area contributed by atoms with Gasteiger partial charge in [0.1, 0.15) is 6.04 Å². The molecule has 0 aliphatic rings. The summed E-state index contributed by atoms with van der Waals surface area (Å²) >= 11 is 0. The molecular formula is C26H36N2O2. The Kier molecular flexibility index (Phi) is 7.83. The van der Waals surface area contributed by atoms with Gasteiger partial charge in [-0.05, 0) is 70.2 Å². The average molecular weight is 409 g/mol. The quantitative estimate of drug-likeness (QED) is 0.710. The van der Waals surface area contributed by atoms with Gasteiger partial charge in [0.2, 0.25) is 11.8 Å². The van der Waals surface area contributed by atoms with Crippen LogP contribution in [0.5, 0.6) is 0 Å². The lowest BCUT2D eigenvalue weighted by Gasteiger charge is -2.33. The SMILES string of the molecule is CCC(C(=O)NC(C)(C)C)N(Cc1ccccc1C)C(=O)Cc1cc(C)ccc1C. The standard InChI is InChI=1S/C26H36N2O2/c1-8-23(25(30)27-26(5,6)7)28(17-21-12-10-9-11-19(21)3)24(29)16-22-15-18(2)13-14-20(22)4/h9-15,23H,8,16-17H2,1-7H3,(H,27,30). The van der Waals surface area contributed by atoms with Gasteiger partial charge in [0.25, 0.3) is 0 Å². The van der Waals surface area contributed by atoms with Crippen molar-refractivity contribution in [1.29, 1.82) is 0 Å². The van der Waals surface area contributed by atoms with Crippen LogP contribution in [0.4, 0.5) is 0 Å². The highest BCUT2D eigenvalue weighted by Gasteiger charge is 2.31. The van der Waals surface area contributed by atoms with Crippen LogP contribution in [0.25, 0.3) is 0 Å². The van der Waals surface area contributed by atoms with E-state index in [1.54, 1.807) is 4.90 Å². The van der Waals surface area contributed by atoms with Gasteiger partial charge >= 0.3 is 0 Å². The van der Waals surface area contributed by atoms with Crippen LogP contribution >= 0.6 is 0 Å². The molecule has 2 amide bonds. The van der Waals surface area contributed by atoms with Gasteiger partial charge in [0, 0.05) is 12.1 Å². The van der Waals surface area contributed by atoms with Gasteiger partial charge in [-0.15, -0.1) is 0 Å². The van der Waals surface area contributed by atoms with Gasteiger partial charge in [0.15, 0.2) is 0 Å². The van der Waals surface area contributed by atoms with Gasteiger partial charge in [-0.1, -0.05) is 55.0 Å². The maximum atomic E-state index is 13.5. The van der Waals surface area contributed by atoms with E-state index in [1.807, 2.05) is 78.8 Å². The first-order valence-electron chi connectivity index (χ1n) is 10.7. The number of nitrogens with one attached hydrogen (secondary N) is 1. The van der Waals surface area contributed by atoms with Crippen molar-refractivity contribution in [2.75, 3.05) is 0 Å². The Labute approximate surface area is 181 Å². The van der Waals surface area contributed by atoms with E-state index >= 15 is 0 Å². The molecular weight excluding hydrogens is 372 g/mol. The summed E-state index contributed by atoms with van der Waals surface area (Å²) in [5.41, 5.74) is 5.07. The molecule has 0 fully saturated rings. The van der Waals surface area contributed by atoms with Gasteiger partial charge in [-0.25, -0.2) is 0 Å². The van der Waals surface area contributed by atoms with Crippen molar-refractivity contribution >= 4 is 11.8 Å². The van der Waals surface area contributed by atoms with Gasteiger partial charge in [0.05, 0.1) is 6.42 Å². The Morgan fingerprint density at radius 1 is 0.967 bits per heavy atom. The largest absolute Gasteiger partial charge is 0.350 e. The van der Waals surface area contributed by atoms with Gasteiger partial charge in [-0.3, -0.25) is 9.59 Å². The van der Waals surface area contributed by atoms with E-state index in [1.165, 1.54) is 0 Å². The zero-order valence-corrected chi connectivity index (χ0v) is 19.5. The fraction of sp³-hybridized carbons (Fsp3) is 0.462. The summed E-state index contributed by atoms with van der Waals surface area (Å²) in [5, 5.41) is 3.06. The summed E-state index contributed by atoms with van der Waals surface area (Å²) in [4.78, 5) is 28.3. The summed E-state index contributed by atoms with van der Waals surface area (Å²) in [7, 11) is 0. The zero-order chi connectivity index (χ0) is 22.5. The zero-order valence-electron chi connectivity index (χ0n) is 19.5. The Balaban J connectivity index is 2.38.